The van der Waals surface area contributed by atoms with Crippen LogP contribution in [0.15, 0.2) is 30.3 Å². The van der Waals surface area contributed by atoms with E-state index in [1.54, 1.807) is 30.3 Å². The Kier molecular flexibility index (Phi) is 19.9. The number of hydrogen-bond donors (Lipinski definition) is 13. The average molecular weight is 787 g/mol. The minimum absolute atomic E-state index is 0.0631. The van der Waals surface area contributed by atoms with Crippen LogP contribution < -0.4 is 43.0 Å². The van der Waals surface area contributed by atoms with Crippen LogP contribution in [-0.2, 0) is 49.6 Å². The third-order valence-corrected chi connectivity index (χ3v) is 7.94. The number of carbonyl (C=O) groups excluding carboxylic acids is 7. The summed E-state index contributed by atoms with van der Waals surface area (Å²) >= 11 is 8.02. The fourth-order valence-corrected chi connectivity index (χ4v) is 4.77. The van der Waals surface area contributed by atoms with Gasteiger partial charge in [0.1, 0.15) is 36.3 Å². The second kappa shape index (κ2) is 22.9. The average Bonchev–Trinajstić information content (AvgIpc) is 3.09. The number of carboxylic acid groups (broad SMARTS) is 2. The summed E-state index contributed by atoms with van der Waals surface area (Å²) in [6, 6.07) is -1.35. The van der Waals surface area contributed by atoms with Gasteiger partial charge in [-0.3, -0.25) is 38.4 Å². The topological polar surface area (TPSA) is 325 Å². The standard InChI is InChI=1S/C31H46N8O12S2/c1-14(32)25(44)37-20(12-52)28(47)34-15(2)26(45)39-24(16(3)40)30(49)38-21(13-53)29(48)36-18(10-23(42)43)27(46)33-11-22(41)35-19(31(50)51)9-17-7-5-4-6-8-17/h4-8,14-16,18-21,24,40,52-53H,9-13,32H2,1-3H3,(H,33,46)(H,34,47)(H,35,41)(H,36,48)(H,37,44)(H,38,49)(H,39,45)(H,42,43)(H,50,51)/t14-,15-,16+,18-,19-,20-,21-,24-/m0/s1. The number of hydrogen-bond acceptors (Lipinski definition) is 13. The Morgan fingerprint density at radius 1 is 0.660 bits per heavy atom. The van der Waals surface area contributed by atoms with Crippen LogP contribution in [0.3, 0.4) is 0 Å². The first-order valence-electron chi connectivity index (χ1n) is 16.0. The number of rotatable bonds is 22. The molecule has 0 heterocycles. The van der Waals surface area contributed by atoms with E-state index in [0.717, 1.165) is 6.92 Å². The first-order chi connectivity index (χ1) is 24.8. The molecule has 294 valence electrons. The van der Waals surface area contributed by atoms with Gasteiger partial charge in [-0.2, -0.15) is 25.3 Å². The highest BCUT2D eigenvalue weighted by Crippen LogP contribution is 2.04. The first-order valence-corrected chi connectivity index (χ1v) is 17.3. The molecule has 0 saturated heterocycles. The van der Waals surface area contributed by atoms with Gasteiger partial charge >= 0.3 is 11.9 Å². The lowest BCUT2D eigenvalue weighted by Gasteiger charge is -2.26. The van der Waals surface area contributed by atoms with Gasteiger partial charge in [0.25, 0.3) is 0 Å². The summed E-state index contributed by atoms with van der Waals surface area (Å²) in [5.74, 6) is -10.1. The number of amides is 7. The summed E-state index contributed by atoms with van der Waals surface area (Å²) in [6.07, 6.45) is -2.57. The van der Waals surface area contributed by atoms with E-state index in [4.69, 9.17) is 5.73 Å². The van der Waals surface area contributed by atoms with Crippen molar-refractivity contribution in [2.45, 2.75) is 82.0 Å². The number of carboxylic acids is 2. The quantitative estimate of drug-likeness (QED) is 0.0493. The van der Waals surface area contributed by atoms with Crippen molar-refractivity contribution in [3.05, 3.63) is 35.9 Å². The van der Waals surface area contributed by atoms with Crippen LogP contribution in [0.25, 0.3) is 0 Å². The largest absolute Gasteiger partial charge is 0.481 e. The molecule has 1 rings (SSSR count). The highest BCUT2D eigenvalue weighted by atomic mass is 32.1. The van der Waals surface area contributed by atoms with Gasteiger partial charge in [0.15, 0.2) is 0 Å². The van der Waals surface area contributed by atoms with E-state index < -0.39 is 120 Å². The summed E-state index contributed by atoms with van der Waals surface area (Å²) in [5, 5.41) is 44.7. The third-order valence-electron chi connectivity index (χ3n) is 7.21. The van der Waals surface area contributed by atoms with Crippen molar-refractivity contribution in [1.29, 1.82) is 0 Å². The van der Waals surface area contributed by atoms with Crippen molar-refractivity contribution in [1.82, 2.24) is 37.2 Å². The lowest BCUT2D eigenvalue weighted by molar-refractivity contribution is -0.142. The van der Waals surface area contributed by atoms with Crippen LogP contribution in [0.4, 0.5) is 0 Å². The molecular formula is C31H46N8O12S2. The highest BCUT2D eigenvalue weighted by Gasteiger charge is 2.33. The van der Waals surface area contributed by atoms with Crippen molar-refractivity contribution in [3.8, 4) is 0 Å². The molecule has 0 aliphatic carbocycles. The summed E-state index contributed by atoms with van der Waals surface area (Å²) in [4.78, 5) is 112. The zero-order chi connectivity index (χ0) is 40.4. The number of carbonyl (C=O) groups is 9. The van der Waals surface area contributed by atoms with Crippen molar-refractivity contribution in [2.24, 2.45) is 5.73 Å². The van der Waals surface area contributed by atoms with Gasteiger partial charge in [-0.05, 0) is 26.3 Å². The number of nitrogens with two attached hydrogens (primary N) is 1. The number of nitrogens with one attached hydrogen (secondary N) is 7. The molecule has 1 aromatic carbocycles. The Hall–Kier alpha value is -4.93. The number of aliphatic hydroxyl groups excluding tert-OH is 1. The smallest absolute Gasteiger partial charge is 0.326 e. The van der Waals surface area contributed by atoms with E-state index in [-0.39, 0.29) is 12.2 Å². The Morgan fingerprint density at radius 3 is 1.68 bits per heavy atom. The Labute approximate surface area is 315 Å². The molecule has 0 unspecified atom stereocenters. The molecule has 53 heavy (non-hydrogen) atoms. The van der Waals surface area contributed by atoms with Gasteiger partial charge in [0, 0.05) is 17.9 Å². The molecule has 7 amide bonds. The molecule has 0 aliphatic heterocycles. The van der Waals surface area contributed by atoms with Crippen molar-refractivity contribution < 1.29 is 58.5 Å². The molecule has 0 aromatic heterocycles. The Bertz CT molecular complexity index is 1480. The van der Waals surface area contributed by atoms with E-state index in [9.17, 15) is 58.5 Å². The molecule has 0 spiro atoms. The maximum absolute atomic E-state index is 13.1. The summed E-state index contributed by atoms with van der Waals surface area (Å²) in [5.41, 5.74) is 6.10. The molecule has 0 aliphatic rings. The normalized spacial score (nSPS) is 15.3. The van der Waals surface area contributed by atoms with E-state index in [2.05, 4.69) is 62.5 Å². The molecule has 0 saturated carbocycles. The summed E-state index contributed by atoms with van der Waals surface area (Å²) < 4.78 is 0. The molecule has 22 heteroatoms. The van der Waals surface area contributed by atoms with Crippen LogP contribution >= 0.6 is 25.3 Å². The second-order valence-electron chi connectivity index (χ2n) is 11.8. The van der Waals surface area contributed by atoms with Crippen molar-refractivity contribution in [3.63, 3.8) is 0 Å². The lowest BCUT2D eigenvalue weighted by Crippen LogP contribution is -2.61. The zero-order valence-electron chi connectivity index (χ0n) is 29.0. The van der Waals surface area contributed by atoms with E-state index in [1.165, 1.54) is 13.8 Å². The van der Waals surface area contributed by atoms with Crippen molar-refractivity contribution >= 4 is 78.5 Å². The number of benzene rings is 1. The maximum Gasteiger partial charge on any atom is 0.326 e. The van der Waals surface area contributed by atoms with Gasteiger partial charge in [-0.15, -0.1) is 0 Å². The van der Waals surface area contributed by atoms with E-state index in [0.29, 0.717) is 5.56 Å². The Morgan fingerprint density at radius 2 is 1.19 bits per heavy atom. The fraction of sp³-hybridized carbons (Fsp3) is 0.516. The summed E-state index contributed by atoms with van der Waals surface area (Å²) in [7, 11) is 0. The van der Waals surface area contributed by atoms with Crippen molar-refractivity contribution in [2.75, 3.05) is 18.1 Å². The molecule has 20 nitrogen and oxygen atoms in total. The highest BCUT2D eigenvalue weighted by molar-refractivity contribution is 7.80. The fourth-order valence-electron chi connectivity index (χ4n) is 4.26. The van der Waals surface area contributed by atoms with Gasteiger partial charge in [-0.25, -0.2) is 4.79 Å². The van der Waals surface area contributed by atoms with Crippen LogP contribution in [-0.4, -0.2) is 135 Å². The van der Waals surface area contributed by atoms with Crippen LogP contribution in [0.2, 0.25) is 0 Å². The molecule has 8 atom stereocenters. The van der Waals surface area contributed by atoms with Gasteiger partial charge < -0.3 is 58.3 Å². The first kappa shape index (κ1) is 46.1. The van der Waals surface area contributed by atoms with Gasteiger partial charge in [-0.1, -0.05) is 30.3 Å². The number of thiol groups is 2. The predicted molar refractivity (Wildman–Crippen MR) is 193 cm³/mol. The zero-order valence-corrected chi connectivity index (χ0v) is 30.8. The third kappa shape index (κ3) is 16.5. The van der Waals surface area contributed by atoms with Crippen LogP contribution in [0, 0.1) is 0 Å². The molecule has 12 N–H and O–H groups in total. The maximum atomic E-state index is 13.1. The SMILES string of the molecule is C[C@H](N)C(=O)N[C@@H](CS)C(=O)N[C@@H](C)C(=O)N[C@H](C(=O)N[C@@H](CS)C(=O)N[C@@H](CC(=O)O)C(=O)NCC(=O)N[C@@H](Cc1ccccc1)C(=O)O)[C@@H](C)O. The van der Waals surface area contributed by atoms with Crippen LogP contribution in [0.1, 0.15) is 32.8 Å². The predicted octanol–water partition coefficient (Wildman–Crippen LogP) is -4.58. The second-order valence-corrected chi connectivity index (χ2v) is 12.5. The summed E-state index contributed by atoms with van der Waals surface area (Å²) in [6.45, 7) is 3.02. The molecule has 1 aromatic rings. The Balaban J connectivity index is 2.89. The molecule has 0 radical (unpaired) electrons. The van der Waals surface area contributed by atoms with Crippen LogP contribution in [0.5, 0.6) is 0 Å². The van der Waals surface area contributed by atoms with E-state index in [1.807, 2.05) is 0 Å². The monoisotopic (exact) mass is 786 g/mol. The molecule has 0 fully saturated rings. The van der Waals surface area contributed by atoms with Gasteiger partial charge in [0.05, 0.1) is 25.1 Å². The molecule has 0 bridgehead atoms. The minimum atomic E-state index is -1.78. The number of aliphatic carboxylic acids is 2. The van der Waals surface area contributed by atoms with E-state index >= 15 is 0 Å². The molecular weight excluding hydrogens is 741 g/mol. The minimum Gasteiger partial charge on any atom is -0.481 e. The number of aliphatic hydroxyl groups is 1. The van der Waals surface area contributed by atoms with Gasteiger partial charge in [0.2, 0.25) is 41.4 Å². The lowest BCUT2D eigenvalue weighted by atomic mass is 10.1.